The van der Waals surface area contributed by atoms with Crippen molar-refractivity contribution >= 4 is 0 Å². The molecule has 4 atom stereocenters. The topological polar surface area (TPSA) is 9.23 Å². The van der Waals surface area contributed by atoms with E-state index in [0.29, 0.717) is 5.56 Å². The molecule has 3 aliphatic rings. The molecule has 186 valence electrons. The van der Waals surface area contributed by atoms with Crippen molar-refractivity contribution in [2.75, 3.05) is 7.11 Å². The van der Waals surface area contributed by atoms with Gasteiger partial charge >= 0.3 is 0 Å². The summed E-state index contributed by atoms with van der Waals surface area (Å²) in [7, 11) is 1.39. The van der Waals surface area contributed by atoms with Gasteiger partial charge in [-0.1, -0.05) is 57.9 Å². The number of halogens is 2. The summed E-state index contributed by atoms with van der Waals surface area (Å²) in [5.41, 5.74) is 0.559. The van der Waals surface area contributed by atoms with Crippen molar-refractivity contribution in [3.05, 3.63) is 29.3 Å². The Balaban J connectivity index is 1.22. The van der Waals surface area contributed by atoms with Crippen molar-refractivity contribution in [1.82, 2.24) is 0 Å². The first-order chi connectivity index (χ1) is 16.1. The van der Waals surface area contributed by atoms with Gasteiger partial charge in [-0.05, 0) is 105 Å². The fourth-order valence-electron chi connectivity index (χ4n) is 7.67. The Morgan fingerprint density at radius 1 is 0.727 bits per heavy atom. The van der Waals surface area contributed by atoms with Crippen molar-refractivity contribution in [1.29, 1.82) is 0 Å². The lowest BCUT2D eigenvalue weighted by atomic mass is 9.60. The lowest BCUT2D eigenvalue weighted by Crippen LogP contribution is -2.34. The van der Waals surface area contributed by atoms with E-state index in [9.17, 15) is 8.78 Å². The highest BCUT2D eigenvalue weighted by Gasteiger charge is 2.39. The average molecular weight is 461 g/mol. The van der Waals surface area contributed by atoms with Gasteiger partial charge in [0.2, 0.25) is 5.82 Å². The Morgan fingerprint density at radius 2 is 1.36 bits per heavy atom. The third kappa shape index (κ3) is 6.12. The second kappa shape index (κ2) is 12.0. The number of hydrogen-bond donors (Lipinski definition) is 0. The van der Waals surface area contributed by atoms with Crippen LogP contribution in [0.1, 0.15) is 121 Å². The second-order valence-electron chi connectivity index (χ2n) is 11.6. The van der Waals surface area contributed by atoms with Crippen LogP contribution in [0.15, 0.2) is 12.1 Å². The molecule has 0 spiro atoms. The standard InChI is InChI=1S/C30H46F2O/c1-3-4-5-6-7-8-21-9-10-26-20-25(16-15-24(26)19-21)22-11-13-23(14-12-22)27-17-18-28(33-2)30(32)29(27)31/h17-18,21-26H,3-16,19-20H2,1-2H3. The van der Waals surface area contributed by atoms with Crippen LogP contribution in [0.25, 0.3) is 0 Å². The van der Waals surface area contributed by atoms with Crippen LogP contribution in [0.5, 0.6) is 5.75 Å². The maximum absolute atomic E-state index is 14.6. The SMILES string of the molecule is CCCCCCCC1CCC2CC(C3CCC(c4ccc(OC)c(F)c4F)CC3)CCC2C1. The number of rotatable bonds is 9. The van der Waals surface area contributed by atoms with Crippen molar-refractivity contribution in [2.45, 2.75) is 116 Å². The molecule has 1 nitrogen and oxygen atoms in total. The van der Waals surface area contributed by atoms with Crippen LogP contribution in [0.3, 0.4) is 0 Å². The van der Waals surface area contributed by atoms with Crippen molar-refractivity contribution in [3.8, 4) is 5.75 Å². The molecule has 4 unspecified atom stereocenters. The quantitative estimate of drug-likeness (QED) is 0.333. The molecule has 0 N–H and O–H groups in total. The Labute approximate surface area is 201 Å². The molecule has 33 heavy (non-hydrogen) atoms. The van der Waals surface area contributed by atoms with Gasteiger partial charge in [0.1, 0.15) is 0 Å². The minimum atomic E-state index is -0.827. The number of unbranched alkanes of at least 4 members (excludes halogenated alkanes) is 4. The zero-order valence-corrected chi connectivity index (χ0v) is 21.1. The fourth-order valence-corrected chi connectivity index (χ4v) is 7.67. The number of fused-ring (bicyclic) bond motifs is 1. The molecule has 0 heterocycles. The zero-order chi connectivity index (χ0) is 23.2. The molecular weight excluding hydrogens is 414 g/mol. The lowest BCUT2D eigenvalue weighted by molar-refractivity contribution is 0.0612. The molecule has 1 aromatic rings. The normalized spacial score (nSPS) is 32.4. The van der Waals surface area contributed by atoms with E-state index in [2.05, 4.69) is 6.92 Å². The Morgan fingerprint density at radius 3 is 2.09 bits per heavy atom. The third-order valence-electron chi connectivity index (χ3n) is 9.65. The molecule has 0 aromatic heterocycles. The molecule has 3 aliphatic carbocycles. The van der Waals surface area contributed by atoms with Crippen LogP contribution in [-0.4, -0.2) is 7.11 Å². The molecular formula is C30H46F2O. The molecule has 1 aromatic carbocycles. The predicted octanol–water partition coefficient (Wildman–Crippen LogP) is 9.44. The molecule has 4 rings (SSSR count). The highest BCUT2D eigenvalue weighted by Crippen LogP contribution is 2.50. The highest BCUT2D eigenvalue weighted by atomic mass is 19.2. The number of ether oxygens (including phenoxy) is 1. The summed E-state index contributed by atoms with van der Waals surface area (Å²) in [5.74, 6) is 3.26. The van der Waals surface area contributed by atoms with E-state index >= 15 is 0 Å². The van der Waals surface area contributed by atoms with E-state index < -0.39 is 11.6 Å². The number of benzene rings is 1. The predicted molar refractivity (Wildman–Crippen MR) is 133 cm³/mol. The largest absolute Gasteiger partial charge is 0.494 e. The van der Waals surface area contributed by atoms with E-state index in [1.165, 1.54) is 97.0 Å². The molecule has 0 bridgehead atoms. The van der Waals surface area contributed by atoms with E-state index in [-0.39, 0.29) is 11.7 Å². The van der Waals surface area contributed by atoms with E-state index in [1.54, 1.807) is 12.1 Å². The van der Waals surface area contributed by atoms with Gasteiger partial charge in [0.25, 0.3) is 0 Å². The summed E-state index contributed by atoms with van der Waals surface area (Å²) in [6.07, 6.45) is 21.6. The summed E-state index contributed by atoms with van der Waals surface area (Å²) in [6, 6.07) is 3.33. The van der Waals surface area contributed by atoms with Gasteiger partial charge < -0.3 is 4.74 Å². The maximum Gasteiger partial charge on any atom is 0.200 e. The third-order valence-corrected chi connectivity index (χ3v) is 9.65. The van der Waals surface area contributed by atoms with Gasteiger partial charge in [-0.25, -0.2) is 4.39 Å². The van der Waals surface area contributed by atoms with Crippen molar-refractivity contribution < 1.29 is 13.5 Å². The van der Waals surface area contributed by atoms with Gasteiger partial charge in [-0.3, -0.25) is 0 Å². The summed E-state index contributed by atoms with van der Waals surface area (Å²) < 4.78 is 33.7. The van der Waals surface area contributed by atoms with Gasteiger partial charge in [0.15, 0.2) is 11.6 Å². The zero-order valence-electron chi connectivity index (χ0n) is 21.1. The average Bonchev–Trinajstić information content (AvgIpc) is 2.85. The van der Waals surface area contributed by atoms with Crippen LogP contribution < -0.4 is 4.74 Å². The van der Waals surface area contributed by atoms with Gasteiger partial charge in [0.05, 0.1) is 7.11 Å². The number of methoxy groups -OCH3 is 1. The monoisotopic (exact) mass is 460 g/mol. The summed E-state index contributed by atoms with van der Waals surface area (Å²) in [4.78, 5) is 0. The number of hydrogen-bond acceptors (Lipinski definition) is 1. The minimum Gasteiger partial charge on any atom is -0.494 e. The second-order valence-corrected chi connectivity index (χ2v) is 11.6. The van der Waals surface area contributed by atoms with E-state index in [1.807, 2.05) is 0 Å². The Bertz CT molecular complexity index is 739. The van der Waals surface area contributed by atoms with Gasteiger partial charge in [-0.15, -0.1) is 0 Å². The lowest BCUT2D eigenvalue weighted by Gasteiger charge is -2.45. The van der Waals surface area contributed by atoms with Crippen LogP contribution >= 0.6 is 0 Å². The molecule has 0 aliphatic heterocycles. The van der Waals surface area contributed by atoms with Crippen LogP contribution in [-0.2, 0) is 0 Å². The maximum atomic E-state index is 14.6. The van der Waals surface area contributed by atoms with Crippen molar-refractivity contribution in [3.63, 3.8) is 0 Å². The molecule has 0 saturated heterocycles. The smallest absolute Gasteiger partial charge is 0.200 e. The Hall–Kier alpha value is -1.12. The summed E-state index contributed by atoms with van der Waals surface area (Å²) in [5, 5.41) is 0. The van der Waals surface area contributed by atoms with Crippen molar-refractivity contribution in [2.24, 2.45) is 29.6 Å². The molecule has 0 radical (unpaired) electrons. The first-order valence-electron chi connectivity index (χ1n) is 14.1. The van der Waals surface area contributed by atoms with Crippen LogP contribution in [0, 0.1) is 41.2 Å². The summed E-state index contributed by atoms with van der Waals surface area (Å²) >= 11 is 0. The highest BCUT2D eigenvalue weighted by molar-refractivity contribution is 5.33. The minimum absolute atomic E-state index is 0.00732. The molecule has 0 amide bonds. The van der Waals surface area contributed by atoms with Gasteiger partial charge in [0, 0.05) is 0 Å². The fraction of sp³-hybridized carbons (Fsp3) is 0.800. The molecule has 3 saturated carbocycles. The van der Waals surface area contributed by atoms with Crippen LogP contribution in [0.2, 0.25) is 0 Å². The van der Waals surface area contributed by atoms with Gasteiger partial charge in [-0.2, -0.15) is 4.39 Å². The first-order valence-corrected chi connectivity index (χ1v) is 14.1. The summed E-state index contributed by atoms with van der Waals surface area (Å²) in [6.45, 7) is 2.30. The van der Waals surface area contributed by atoms with E-state index in [4.69, 9.17) is 4.74 Å². The molecule has 3 fully saturated rings. The van der Waals surface area contributed by atoms with Crippen LogP contribution in [0.4, 0.5) is 8.78 Å². The molecule has 3 heteroatoms. The first kappa shape index (κ1) is 25.0. The van der Waals surface area contributed by atoms with E-state index in [0.717, 1.165) is 42.4 Å². The Kier molecular flexibility index (Phi) is 9.11.